The number of nitrogens with two attached hydrogens (primary N) is 1. The molecule has 0 saturated heterocycles. The van der Waals surface area contributed by atoms with Crippen LogP contribution in [0.5, 0.6) is 5.88 Å². The van der Waals surface area contributed by atoms with Crippen LogP contribution in [0.4, 0.5) is 5.69 Å². The normalized spacial score (nSPS) is 10.3. The van der Waals surface area contributed by atoms with E-state index in [1.54, 1.807) is 18.5 Å². The Labute approximate surface area is 111 Å². The third-order valence-corrected chi connectivity index (χ3v) is 2.65. The van der Waals surface area contributed by atoms with Crippen LogP contribution in [0.3, 0.4) is 0 Å². The van der Waals surface area contributed by atoms with Crippen LogP contribution in [0.1, 0.15) is 12.0 Å². The van der Waals surface area contributed by atoms with Crippen molar-refractivity contribution in [3.8, 4) is 5.88 Å². The van der Waals surface area contributed by atoms with Gasteiger partial charge in [0.2, 0.25) is 5.88 Å². The van der Waals surface area contributed by atoms with Crippen LogP contribution in [0.2, 0.25) is 5.02 Å². The van der Waals surface area contributed by atoms with Crippen molar-refractivity contribution in [2.45, 2.75) is 12.8 Å². The summed E-state index contributed by atoms with van der Waals surface area (Å²) in [5.41, 5.74) is 7.44. The number of nitrogen functional groups attached to an aromatic ring is 1. The Morgan fingerprint density at radius 2 is 2.06 bits per heavy atom. The Balaban J connectivity index is 1.79. The second-order valence-electron chi connectivity index (χ2n) is 3.86. The molecular formula is C13H14ClN3O. The van der Waals surface area contributed by atoms with Gasteiger partial charge in [-0.25, -0.2) is 4.98 Å². The van der Waals surface area contributed by atoms with Crippen LogP contribution < -0.4 is 10.5 Å². The summed E-state index contributed by atoms with van der Waals surface area (Å²) in [4.78, 5) is 8.00. The zero-order chi connectivity index (χ0) is 12.8. The Morgan fingerprint density at radius 1 is 1.28 bits per heavy atom. The Hall–Kier alpha value is -1.81. The van der Waals surface area contributed by atoms with Gasteiger partial charge in [0.15, 0.2) is 0 Å². The van der Waals surface area contributed by atoms with Crippen LogP contribution in [-0.2, 0) is 6.42 Å². The molecule has 2 heterocycles. The molecule has 2 aromatic heterocycles. The molecular weight excluding hydrogens is 250 g/mol. The molecule has 0 aliphatic carbocycles. The maximum Gasteiger partial charge on any atom is 0.237 e. The van der Waals surface area contributed by atoms with Gasteiger partial charge in [0.25, 0.3) is 0 Å². The fraction of sp³-hybridized carbons (Fsp3) is 0.231. The highest BCUT2D eigenvalue weighted by Gasteiger charge is 2.02. The van der Waals surface area contributed by atoms with Crippen LogP contribution in [-0.4, -0.2) is 16.6 Å². The largest absolute Gasteiger partial charge is 0.476 e. The molecule has 0 bridgehead atoms. The van der Waals surface area contributed by atoms with Crippen molar-refractivity contribution in [2.24, 2.45) is 0 Å². The average molecular weight is 264 g/mol. The summed E-state index contributed by atoms with van der Waals surface area (Å²) in [5.74, 6) is 0.439. The minimum Gasteiger partial charge on any atom is -0.476 e. The van der Waals surface area contributed by atoms with Gasteiger partial charge in [0, 0.05) is 18.6 Å². The van der Waals surface area contributed by atoms with Crippen molar-refractivity contribution in [1.29, 1.82) is 0 Å². The molecule has 0 aliphatic rings. The molecule has 2 N–H and O–H groups in total. The average Bonchev–Trinajstić information content (AvgIpc) is 2.38. The fourth-order valence-electron chi connectivity index (χ4n) is 1.56. The maximum atomic E-state index is 5.75. The second kappa shape index (κ2) is 6.21. The van der Waals surface area contributed by atoms with E-state index in [1.807, 2.05) is 12.1 Å². The van der Waals surface area contributed by atoms with Crippen molar-refractivity contribution >= 4 is 17.3 Å². The van der Waals surface area contributed by atoms with E-state index in [0.29, 0.717) is 23.2 Å². The fourth-order valence-corrected chi connectivity index (χ4v) is 1.72. The third-order valence-electron chi connectivity index (χ3n) is 2.44. The lowest BCUT2D eigenvalue weighted by molar-refractivity contribution is 0.301. The number of ether oxygens (including phenoxy) is 1. The summed E-state index contributed by atoms with van der Waals surface area (Å²) in [6.07, 6.45) is 6.93. The number of rotatable bonds is 5. The zero-order valence-electron chi connectivity index (χ0n) is 9.84. The van der Waals surface area contributed by atoms with Crippen molar-refractivity contribution in [3.05, 3.63) is 47.4 Å². The van der Waals surface area contributed by atoms with Gasteiger partial charge in [0.1, 0.15) is 0 Å². The van der Waals surface area contributed by atoms with Crippen LogP contribution >= 0.6 is 11.6 Å². The molecule has 0 amide bonds. The summed E-state index contributed by atoms with van der Waals surface area (Å²) < 4.78 is 5.50. The number of pyridine rings is 2. The van der Waals surface area contributed by atoms with Gasteiger partial charge >= 0.3 is 0 Å². The maximum absolute atomic E-state index is 5.75. The Kier molecular flexibility index (Phi) is 4.36. The topological polar surface area (TPSA) is 61.0 Å². The quantitative estimate of drug-likeness (QED) is 0.843. The molecule has 18 heavy (non-hydrogen) atoms. The van der Waals surface area contributed by atoms with Gasteiger partial charge in [-0.3, -0.25) is 4.98 Å². The van der Waals surface area contributed by atoms with Gasteiger partial charge in [-0.15, -0.1) is 0 Å². The molecule has 0 saturated carbocycles. The number of halogens is 1. The molecule has 0 unspecified atom stereocenters. The molecule has 0 spiro atoms. The molecule has 4 nitrogen and oxygen atoms in total. The number of hydrogen-bond donors (Lipinski definition) is 1. The lowest BCUT2D eigenvalue weighted by Crippen LogP contribution is -2.03. The number of hydrogen-bond acceptors (Lipinski definition) is 4. The van der Waals surface area contributed by atoms with Crippen LogP contribution in [0, 0.1) is 0 Å². The van der Waals surface area contributed by atoms with Crippen LogP contribution in [0.15, 0.2) is 36.8 Å². The lowest BCUT2D eigenvalue weighted by Gasteiger charge is -2.07. The van der Waals surface area contributed by atoms with Gasteiger partial charge < -0.3 is 10.5 Å². The minimum atomic E-state index is 0.439. The predicted octanol–water partition coefficient (Wildman–Crippen LogP) is 2.72. The van der Waals surface area contributed by atoms with E-state index in [1.165, 1.54) is 11.8 Å². The van der Waals surface area contributed by atoms with E-state index in [4.69, 9.17) is 22.1 Å². The van der Waals surface area contributed by atoms with Crippen molar-refractivity contribution < 1.29 is 4.74 Å². The molecule has 2 aromatic rings. The Bertz CT molecular complexity index is 505. The minimum absolute atomic E-state index is 0.439. The first-order valence-corrected chi connectivity index (χ1v) is 6.06. The Morgan fingerprint density at radius 3 is 2.78 bits per heavy atom. The molecule has 2 rings (SSSR count). The van der Waals surface area contributed by atoms with Crippen LogP contribution in [0.25, 0.3) is 0 Å². The van der Waals surface area contributed by atoms with Gasteiger partial charge in [-0.05, 0) is 36.6 Å². The van der Waals surface area contributed by atoms with Crippen molar-refractivity contribution in [2.75, 3.05) is 12.3 Å². The first-order chi connectivity index (χ1) is 8.75. The summed E-state index contributed by atoms with van der Waals surface area (Å²) in [5, 5.41) is 0.511. The first kappa shape index (κ1) is 12.6. The molecule has 0 aromatic carbocycles. The van der Waals surface area contributed by atoms with Crippen molar-refractivity contribution in [1.82, 2.24) is 9.97 Å². The number of aryl methyl sites for hydroxylation is 1. The summed E-state index contributed by atoms with van der Waals surface area (Å²) in [6, 6.07) is 5.62. The third kappa shape index (κ3) is 3.60. The summed E-state index contributed by atoms with van der Waals surface area (Å²) in [7, 11) is 0. The monoisotopic (exact) mass is 263 g/mol. The van der Waals surface area contributed by atoms with Gasteiger partial charge in [-0.2, -0.15) is 0 Å². The molecule has 0 aliphatic heterocycles. The highest BCUT2D eigenvalue weighted by molar-refractivity contribution is 6.30. The second-order valence-corrected chi connectivity index (χ2v) is 4.29. The molecule has 5 heteroatoms. The lowest BCUT2D eigenvalue weighted by atomic mass is 10.1. The number of anilines is 1. The van der Waals surface area contributed by atoms with E-state index >= 15 is 0 Å². The van der Waals surface area contributed by atoms with Gasteiger partial charge in [0.05, 0.1) is 17.3 Å². The van der Waals surface area contributed by atoms with E-state index in [2.05, 4.69) is 9.97 Å². The van der Waals surface area contributed by atoms with E-state index < -0.39 is 0 Å². The van der Waals surface area contributed by atoms with E-state index in [0.717, 1.165) is 12.8 Å². The highest BCUT2D eigenvalue weighted by Crippen LogP contribution is 2.21. The van der Waals surface area contributed by atoms with E-state index in [-0.39, 0.29) is 0 Å². The number of aromatic nitrogens is 2. The SMILES string of the molecule is Nc1cc(Cl)cnc1OCCCc1ccncc1. The standard InChI is InChI=1S/C13H14ClN3O/c14-11-8-12(15)13(17-9-11)18-7-1-2-10-3-5-16-6-4-10/h3-6,8-9H,1-2,7,15H2. The molecule has 0 atom stereocenters. The zero-order valence-corrected chi connectivity index (χ0v) is 10.6. The summed E-state index contributed by atoms with van der Waals surface area (Å²) >= 11 is 5.75. The smallest absolute Gasteiger partial charge is 0.237 e. The predicted molar refractivity (Wildman–Crippen MR) is 71.7 cm³/mol. The molecule has 0 fully saturated rings. The summed E-state index contributed by atoms with van der Waals surface area (Å²) in [6.45, 7) is 0.571. The molecule has 94 valence electrons. The highest BCUT2D eigenvalue weighted by atomic mass is 35.5. The van der Waals surface area contributed by atoms with Crippen molar-refractivity contribution in [3.63, 3.8) is 0 Å². The van der Waals surface area contributed by atoms with E-state index in [9.17, 15) is 0 Å². The van der Waals surface area contributed by atoms with Gasteiger partial charge in [-0.1, -0.05) is 11.6 Å². The molecule has 0 radical (unpaired) electrons. The first-order valence-electron chi connectivity index (χ1n) is 5.68. The number of nitrogens with zero attached hydrogens (tertiary/aromatic N) is 2.